The molecule has 0 amide bonds. The standard InChI is InChI=1S/C15H29NO/c1-2-3-4-5-6-7-8-9-12-15(17)14-11-10-13-16-14/h14,16H,2-13H2,1H3/t14-/m0/s1. The predicted octanol–water partition coefficient (Wildman–Crippen LogP) is 3.84. The van der Waals surface area contributed by atoms with Crippen LogP contribution in [0, 0.1) is 0 Å². The number of hydrogen-bond donors (Lipinski definition) is 1. The molecule has 1 rings (SSSR count). The zero-order valence-electron chi connectivity index (χ0n) is 11.5. The maximum atomic E-state index is 11.8. The molecule has 0 aromatic rings. The minimum atomic E-state index is 0.194. The minimum absolute atomic E-state index is 0.194. The van der Waals surface area contributed by atoms with E-state index in [2.05, 4.69) is 12.2 Å². The Morgan fingerprint density at radius 3 is 2.29 bits per heavy atom. The van der Waals surface area contributed by atoms with Gasteiger partial charge < -0.3 is 5.32 Å². The van der Waals surface area contributed by atoms with Gasteiger partial charge in [-0.05, 0) is 25.8 Å². The Labute approximate surface area is 107 Å². The molecule has 1 saturated heterocycles. The first-order chi connectivity index (χ1) is 8.34. The Hall–Kier alpha value is -0.370. The van der Waals surface area contributed by atoms with Crippen molar-refractivity contribution in [1.29, 1.82) is 0 Å². The number of Topliss-reactive ketones (excluding diaryl/α,β-unsaturated/α-hetero) is 1. The van der Waals surface area contributed by atoms with Gasteiger partial charge in [-0.15, -0.1) is 0 Å². The van der Waals surface area contributed by atoms with E-state index in [0.29, 0.717) is 5.78 Å². The van der Waals surface area contributed by atoms with Crippen LogP contribution in [0.1, 0.15) is 77.6 Å². The van der Waals surface area contributed by atoms with Crippen LogP contribution in [0.25, 0.3) is 0 Å². The van der Waals surface area contributed by atoms with Crippen LogP contribution in [-0.4, -0.2) is 18.4 Å². The van der Waals surface area contributed by atoms with Gasteiger partial charge in [0.15, 0.2) is 0 Å². The van der Waals surface area contributed by atoms with Gasteiger partial charge in [0.2, 0.25) is 0 Å². The molecule has 1 N–H and O–H groups in total. The molecule has 0 spiro atoms. The van der Waals surface area contributed by atoms with Gasteiger partial charge in [0.1, 0.15) is 5.78 Å². The molecule has 0 bridgehead atoms. The van der Waals surface area contributed by atoms with E-state index in [-0.39, 0.29) is 6.04 Å². The van der Waals surface area contributed by atoms with Crippen molar-refractivity contribution in [3.63, 3.8) is 0 Å². The van der Waals surface area contributed by atoms with Crippen LogP contribution < -0.4 is 5.32 Å². The predicted molar refractivity (Wildman–Crippen MR) is 73.3 cm³/mol. The van der Waals surface area contributed by atoms with Crippen LogP contribution in [0.3, 0.4) is 0 Å². The van der Waals surface area contributed by atoms with E-state index in [4.69, 9.17) is 0 Å². The normalized spacial score (nSPS) is 19.7. The summed E-state index contributed by atoms with van der Waals surface area (Å²) in [5, 5.41) is 3.28. The third-order valence-electron chi connectivity index (χ3n) is 3.73. The lowest BCUT2D eigenvalue weighted by Gasteiger charge is -2.08. The first-order valence-corrected chi connectivity index (χ1v) is 7.60. The van der Waals surface area contributed by atoms with E-state index in [1.54, 1.807) is 0 Å². The largest absolute Gasteiger partial charge is 0.307 e. The average molecular weight is 239 g/mol. The lowest BCUT2D eigenvalue weighted by molar-refractivity contribution is -0.120. The molecule has 0 aromatic heterocycles. The molecule has 100 valence electrons. The van der Waals surface area contributed by atoms with Gasteiger partial charge in [0.25, 0.3) is 0 Å². The molecule has 0 aromatic carbocycles. The Bertz CT molecular complexity index is 197. The Morgan fingerprint density at radius 1 is 1.06 bits per heavy atom. The second-order valence-electron chi connectivity index (χ2n) is 5.34. The van der Waals surface area contributed by atoms with Crippen molar-refractivity contribution in [3.05, 3.63) is 0 Å². The smallest absolute Gasteiger partial charge is 0.149 e. The molecule has 1 atom stereocenters. The van der Waals surface area contributed by atoms with Crippen molar-refractivity contribution >= 4 is 5.78 Å². The molecule has 0 radical (unpaired) electrons. The van der Waals surface area contributed by atoms with E-state index in [0.717, 1.165) is 25.8 Å². The molecule has 2 heteroatoms. The zero-order chi connectivity index (χ0) is 12.3. The Kier molecular flexibility index (Phi) is 8.33. The number of hydrogen-bond acceptors (Lipinski definition) is 2. The number of ketones is 1. The summed E-state index contributed by atoms with van der Waals surface area (Å²) in [6.07, 6.45) is 13.5. The van der Waals surface area contributed by atoms with Crippen LogP contribution in [0.4, 0.5) is 0 Å². The van der Waals surface area contributed by atoms with Gasteiger partial charge in [-0.1, -0.05) is 51.9 Å². The van der Waals surface area contributed by atoms with Crippen molar-refractivity contribution in [2.24, 2.45) is 0 Å². The fourth-order valence-corrected chi connectivity index (χ4v) is 2.57. The van der Waals surface area contributed by atoms with Crippen molar-refractivity contribution in [2.75, 3.05) is 6.54 Å². The van der Waals surface area contributed by atoms with E-state index in [9.17, 15) is 4.79 Å². The molecule has 0 unspecified atom stereocenters. The monoisotopic (exact) mass is 239 g/mol. The summed E-state index contributed by atoms with van der Waals surface area (Å²) in [7, 11) is 0. The highest BCUT2D eigenvalue weighted by atomic mass is 16.1. The third kappa shape index (κ3) is 6.82. The van der Waals surface area contributed by atoms with Crippen LogP contribution in [0.15, 0.2) is 0 Å². The highest BCUT2D eigenvalue weighted by Gasteiger charge is 2.20. The summed E-state index contributed by atoms with van der Waals surface area (Å²) < 4.78 is 0. The lowest BCUT2D eigenvalue weighted by Crippen LogP contribution is -2.30. The Morgan fingerprint density at radius 2 is 1.71 bits per heavy atom. The summed E-state index contributed by atoms with van der Waals surface area (Å²) in [5.74, 6) is 0.452. The first-order valence-electron chi connectivity index (χ1n) is 7.60. The van der Waals surface area contributed by atoms with E-state index < -0.39 is 0 Å². The molecule has 0 aliphatic carbocycles. The zero-order valence-corrected chi connectivity index (χ0v) is 11.5. The van der Waals surface area contributed by atoms with Gasteiger partial charge in [-0.25, -0.2) is 0 Å². The second kappa shape index (κ2) is 9.64. The quantitative estimate of drug-likeness (QED) is 0.587. The van der Waals surface area contributed by atoms with Gasteiger partial charge in [0.05, 0.1) is 6.04 Å². The molecule has 0 saturated carbocycles. The number of carbonyl (C=O) groups excluding carboxylic acids is 1. The van der Waals surface area contributed by atoms with E-state index >= 15 is 0 Å². The van der Waals surface area contributed by atoms with Gasteiger partial charge in [-0.3, -0.25) is 4.79 Å². The molecular formula is C15H29NO. The van der Waals surface area contributed by atoms with Gasteiger partial charge >= 0.3 is 0 Å². The summed E-state index contributed by atoms with van der Waals surface area (Å²) >= 11 is 0. The number of unbranched alkanes of at least 4 members (excludes halogenated alkanes) is 7. The summed E-state index contributed by atoms with van der Waals surface area (Å²) in [4.78, 5) is 11.8. The Balaban J connectivity index is 1.85. The number of carbonyl (C=O) groups is 1. The van der Waals surface area contributed by atoms with Crippen LogP contribution >= 0.6 is 0 Å². The van der Waals surface area contributed by atoms with Gasteiger partial charge in [0, 0.05) is 6.42 Å². The summed E-state index contributed by atoms with van der Waals surface area (Å²) in [6, 6.07) is 0.194. The van der Waals surface area contributed by atoms with Crippen LogP contribution in [-0.2, 0) is 4.79 Å². The number of nitrogens with one attached hydrogen (secondary N) is 1. The molecule has 1 aliphatic heterocycles. The SMILES string of the molecule is CCCCCCCCCCC(=O)[C@@H]1CCCN1. The van der Waals surface area contributed by atoms with Crippen LogP contribution in [0.2, 0.25) is 0 Å². The van der Waals surface area contributed by atoms with Crippen molar-refractivity contribution in [3.8, 4) is 0 Å². The highest BCUT2D eigenvalue weighted by Crippen LogP contribution is 2.13. The fraction of sp³-hybridized carbons (Fsp3) is 0.933. The molecular weight excluding hydrogens is 210 g/mol. The molecule has 1 aliphatic rings. The highest BCUT2D eigenvalue weighted by molar-refractivity contribution is 5.84. The lowest BCUT2D eigenvalue weighted by atomic mass is 10.0. The van der Waals surface area contributed by atoms with Crippen molar-refractivity contribution in [2.45, 2.75) is 83.6 Å². The molecule has 2 nitrogen and oxygen atoms in total. The summed E-state index contributed by atoms with van der Waals surface area (Å²) in [6.45, 7) is 3.29. The number of rotatable bonds is 10. The van der Waals surface area contributed by atoms with Crippen LogP contribution in [0.5, 0.6) is 0 Å². The molecule has 1 heterocycles. The average Bonchev–Trinajstić information content (AvgIpc) is 2.86. The van der Waals surface area contributed by atoms with Gasteiger partial charge in [-0.2, -0.15) is 0 Å². The maximum Gasteiger partial charge on any atom is 0.149 e. The third-order valence-corrected chi connectivity index (χ3v) is 3.73. The maximum absolute atomic E-state index is 11.8. The molecule has 1 fully saturated rings. The summed E-state index contributed by atoms with van der Waals surface area (Å²) in [5.41, 5.74) is 0. The topological polar surface area (TPSA) is 29.1 Å². The van der Waals surface area contributed by atoms with Crippen molar-refractivity contribution in [1.82, 2.24) is 5.32 Å². The molecule has 17 heavy (non-hydrogen) atoms. The van der Waals surface area contributed by atoms with Crippen molar-refractivity contribution < 1.29 is 4.79 Å². The van der Waals surface area contributed by atoms with E-state index in [1.807, 2.05) is 0 Å². The second-order valence-corrected chi connectivity index (χ2v) is 5.34. The minimum Gasteiger partial charge on any atom is -0.307 e. The first kappa shape index (κ1) is 14.7. The van der Waals surface area contributed by atoms with E-state index in [1.165, 1.54) is 51.4 Å². The fourth-order valence-electron chi connectivity index (χ4n) is 2.57.